The van der Waals surface area contributed by atoms with E-state index in [-0.39, 0.29) is 12.1 Å². The second kappa shape index (κ2) is 4.86. The van der Waals surface area contributed by atoms with E-state index in [2.05, 4.69) is 11.8 Å². The number of nitrogens with two attached hydrogens (primary N) is 2. The first-order chi connectivity index (χ1) is 8.49. The van der Waals surface area contributed by atoms with Crippen molar-refractivity contribution in [2.75, 3.05) is 23.8 Å². The lowest BCUT2D eigenvalue weighted by molar-refractivity contribution is 0.0344. The molecule has 1 saturated heterocycles. The maximum absolute atomic E-state index is 11.3. The first-order valence-corrected chi connectivity index (χ1v) is 6.06. The third-order valence-corrected chi connectivity index (χ3v) is 3.24. The van der Waals surface area contributed by atoms with Gasteiger partial charge in [0.25, 0.3) is 5.91 Å². The fourth-order valence-corrected chi connectivity index (χ4v) is 2.20. The van der Waals surface area contributed by atoms with Gasteiger partial charge in [0.1, 0.15) is 0 Å². The zero-order valence-corrected chi connectivity index (χ0v) is 10.7. The van der Waals surface area contributed by atoms with Gasteiger partial charge >= 0.3 is 0 Å². The van der Waals surface area contributed by atoms with Crippen molar-refractivity contribution < 1.29 is 9.53 Å². The molecule has 5 nitrogen and oxygen atoms in total. The zero-order valence-electron chi connectivity index (χ0n) is 10.7. The summed E-state index contributed by atoms with van der Waals surface area (Å²) in [6.07, 6.45) is 0.177. The Morgan fingerprint density at radius 2 is 2.17 bits per heavy atom. The smallest absolute Gasteiger partial charge is 0.250 e. The second-order valence-corrected chi connectivity index (χ2v) is 4.78. The number of hydrogen-bond acceptors (Lipinski definition) is 4. The van der Waals surface area contributed by atoms with E-state index in [1.807, 2.05) is 13.0 Å². The van der Waals surface area contributed by atoms with Crippen LogP contribution in [0.1, 0.15) is 24.2 Å². The number of rotatable bonds is 2. The SMILES string of the molecule is CC1CN(c2ccc(N)c(C(N)=O)c2)C(C)CO1. The van der Waals surface area contributed by atoms with Gasteiger partial charge in [0.2, 0.25) is 0 Å². The van der Waals surface area contributed by atoms with Crippen LogP contribution < -0.4 is 16.4 Å². The Morgan fingerprint density at radius 3 is 2.83 bits per heavy atom. The predicted molar refractivity (Wildman–Crippen MR) is 71.6 cm³/mol. The number of nitrogens with zero attached hydrogens (tertiary/aromatic N) is 1. The first-order valence-electron chi connectivity index (χ1n) is 6.06. The molecule has 2 atom stereocenters. The average Bonchev–Trinajstić information content (AvgIpc) is 2.33. The van der Waals surface area contributed by atoms with Crippen molar-refractivity contribution in [2.24, 2.45) is 5.73 Å². The Balaban J connectivity index is 2.32. The lowest BCUT2D eigenvalue weighted by Crippen LogP contribution is -2.47. The highest BCUT2D eigenvalue weighted by Crippen LogP contribution is 2.25. The first kappa shape index (κ1) is 12.7. The Labute approximate surface area is 107 Å². The van der Waals surface area contributed by atoms with Crippen molar-refractivity contribution in [2.45, 2.75) is 26.0 Å². The van der Waals surface area contributed by atoms with Gasteiger partial charge in [0.15, 0.2) is 0 Å². The highest BCUT2D eigenvalue weighted by atomic mass is 16.5. The number of amides is 1. The van der Waals surface area contributed by atoms with E-state index in [0.717, 1.165) is 12.2 Å². The molecule has 5 heteroatoms. The van der Waals surface area contributed by atoms with Crippen molar-refractivity contribution in [1.29, 1.82) is 0 Å². The number of anilines is 2. The van der Waals surface area contributed by atoms with Gasteiger partial charge in [-0.25, -0.2) is 0 Å². The number of ether oxygens (including phenoxy) is 1. The largest absolute Gasteiger partial charge is 0.398 e. The Morgan fingerprint density at radius 1 is 1.44 bits per heavy atom. The van der Waals surface area contributed by atoms with Crippen molar-refractivity contribution >= 4 is 17.3 Å². The molecule has 1 fully saturated rings. The minimum atomic E-state index is -0.497. The summed E-state index contributed by atoms with van der Waals surface area (Å²) in [5.41, 5.74) is 12.8. The van der Waals surface area contributed by atoms with Crippen molar-refractivity contribution in [1.82, 2.24) is 0 Å². The molecule has 0 spiro atoms. The van der Waals surface area contributed by atoms with Gasteiger partial charge in [-0.3, -0.25) is 4.79 Å². The minimum absolute atomic E-state index is 0.177. The molecule has 1 aliphatic rings. The normalized spacial score (nSPS) is 24.0. The van der Waals surface area contributed by atoms with Gasteiger partial charge in [-0.05, 0) is 32.0 Å². The monoisotopic (exact) mass is 249 g/mol. The van der Waals surface area contributed by atoms with Gasteiger partial charge < -0.3 is 21.1 Å². The predicted octanol–water partition coefficient (Wildman–Crippen LogP) is 0.981. The van der Waals surface area contributed by atoms with E-state index in [1.54, 1.807) is 12.1 Å². The molecule has 2 unspecified atom stereocenters. The van der Waals surface area contributed by atoms with E-state index >= 15 is 0 Å². The number of carbonyl (C=O) groups excluding carboxylic acids is 1. The summed E-state index contributed by atoms with van der Waals surface area (Å²) in [6, 6.07) is 5.66. The van der Waals surface area contributed by atoms with Crippen LogP contribution in [0, 0.1) is 0 Å². The minimum Gasteiger partial charge on any atom is -0.398 e. The molecule has 1 aromatic carbocycles. The maximum atomic E-state index is 11.3. The molecule has 1 amide bonds. The summed E-state index contributed by atoms with van der Waals surface area (Å²) in [5, 5.41) is 0. The van der Waals surface area contributed by atoms with Gasteiger partial charge in [0.05, 0.1) is 18.3 Å². The molecule has 1 aromatic rings. The van der Waals surface area contributed by atoms with Gasteiger partial charge in [-0.2, -0.15) is 0 Å². The molecule has 0 aromatic heterocycles. The highest BCUT2D eigenvalue weighted by Gasteiger charge is 2.24. The molecule has 1 heterocycles. The van der Waals surface area contributed by atoms with Crippen LogP contribution in [-0.2, 0) is 4.74 Å². The van der Waals surface area contributed by atoms with E-state index < -0.39 is 5.91 Å². The molecule has 0 saturated carbocycles. The Bertz CT molecular complexity index is 462. The molecule has 4 N–H and O–H groups in total. The molecule has 18 heavy (non-hydrogen) atoms. The molecule has 1 aliphatic heterocycles. The quantitative estimate of drug-likeness (QED) is 0.765. The van der Waals surface area contributed by atoms with Crippen LogP contribution >= 0.6 is 0 Å². The molecule has 0 radical (unpaired) electrons. The standard InChI is InChI=1S/C13H19N3O2/c1-8-7-18-9(2)6-16(8)10-3-4-12(14)11(5-10)13(15)17/h3-5,8-9H,6-7,14H2,1-2H3,(H2,15,17). The van der Waals surface area contributed by atoms with Crippen LogP contribution in [0.25, 0.3) is 0 Å². The van der Waals surface area contributed by atoms with Crippen LogP contribution in [0.5, 0.6) is 0 Å². The lowest BCUT2D eigenvalue weighted by atomic mass is 10.1. The molecule has 0 aliphatic carbocycles. The van der Waals surface area contributed by atoms with Gasteiger partial charge in [-0.15, -0.1) is 0 Å². The highest BCUT2D eigenvalue weighted by molar-refractivity contribution is 5.99. The fraction of sp³-hybridized carbons (Fsp3) is 0.462. The molecular weight excluding hydrogens is 230 g/mol. The maximum Gasteiger partial charge on any atom is 0.250 e. The third kappa shape index (κ3) is 2.41. The topological polar surface area (TPSA) is 81.6 Å². The summed E-state index contributed by atoms with van der Waals surface area (Å²) in [7, 11) is 0. The molecule has 0 bridgehead atoms. The van der Waals surface area contributed by atoms with Crippen molar-refractivity contribution in [3.63, 3.8) is 0 Å². The van der Waals surface area contributed by atoms with Crippen molar-refractivity contribution in [3.8, 4) is 0 Å². The Kier molecular flexibility index (Phi) is 3.43. The van der Waals surface area contributed by atoms with Crippen molar-refractivity contribution in [3.05, 3.63) is 23.8 Å². The van der Waals surface area contributed by atoms with Crippen LogP contribution in [0.4, 0.5) is 11.4 Å². The fourth-order valence-electron chi connectivity index (χ4n) is 2.20. The number of benzene rings is 1. The van der Waals surface area contributed by atoms with E-state index in [0.29, 0.717) is 17.9 Å². The summed E-state index contributed by atoms with van der Waals surface area (Å²) in [5.74, 6) is -0.497. The van der Waals surface area contributed by atoms with E-state index in [9.17, 15) is 4.79 Å². The van der Waals surface area contributed by atoms with E-state index in [1.165, 1.54) is 0 Å². The zero-order chi connectivity index (χ0) is 13.3. The summed E-state index contributed by atoms with van der Waals surface area (Å²) in [6.45, 7) is 5.60. The molecular formula is C13H19N3O2. The molecule has 2 rings (SSSR count). The number of primary amides is 1. The van der Waals surface area contributed by atoms with Gasteiger partial charge in [0, 0.05) is 24.0 Å². The number of hydrogen-bond donors (Lipinski definition) is 2. The average molecular weight is 249 g/mol. The second-order valence-electron chi connectivity index (χ2n) is 4.78. The summed E-state index contributed by atoms with van der Waals surface area (Å²) < 4.78 is 5.59. The van der Waals surface area contributed by atoms with Gasteiger partial charge in [-0.1, -0.05) is 0 Å². The van der Waals surface area contributed by atoms with Crippen LogP contribution in [0.15, 0.2) is 18.2 Å². The lowest BCUT2D eigenvalue weighted by Gasteiger charge is -2.38. The summed E-state index contributed by atoms with van der Waals surface area (Å²) >= 11 is 0. The summed E-state index contributed by atoms with van der Waals surface area (Å²) in [4.78, 5) is 13.5. The third-order valence-electron chi connectivity index (χ3n) is 3.24. The van der Waals surface area contributed by atoms with Crippen LogP contribution in [0.3, 0.4) is 0 Å². The number of nitrogen functional groups attached to an aromatic ring is 1. The van der Waals surface area contributed by atoms with E-state index in [4.69, 9.17) is 16.2 Å². The van der Waals surface area contributed by atoms with Crippen LogP contribution in [-0.4, -0.2) is 31.2 Å². The number of carbonyl (C=O) groups is 1. The number of morpholine rings is 1. The van der Waals surface area contributed by atoms with Crippen LogP contribution in [0.2, 0.25) is 0 Å². The molecule has 98 valence electrons. The Hall–Kier alpha value is -1.75.